The highest BCUT2D eigenvalue weighted by molar-refractivity contribution is 7.99. The molecule has 0 radical (unpaired) electrons. The van der Waals surface area contributed by atoms with Crippen molar-refractivity contribution in [1.29, 1.82) is 0 Å². The molecule has 0 aliphatic heterocycles. The number of aromatic amines is 1. The lowest BCUT2D eigenvalue weighted by Gasteiger charge is -2.28. The van der Waals surface area contributed by atoms with Crippen molar-refractivity contribution in [3.8, 4) is 0 Å². The molecule has 23 heavy (non-hydrogen) atoms. The normalized spacial score (nSPS) is 27.3. The zero-order valence-corrected chi connectivity index (χ0v) is 14.7. The van der Waals surface area contributed by atoms with Gasteiger partial charge in [-0.1, -0.05) is 25.1 Å². The number of nitrogens with zero attached hydrogens (tertiary/aromatic N) is 2. The molecule has 1 aromatic rings. The summed E-state index contributed by atoms with van der Waals surface area (Å²) in [6, 6.07) is 0.246. The molecule has 2 N–H and O–H groups in total. The third kappa shape index (κ3) is 3.65. The first-order chi connectivity index (χ1) is 11.1. The third-order valence-electron chi connectivity index (χ3n) is 5.33. The second-order valence-electron chi connectivity index (χ2n) is 6.95. The van der Waals surface area contributed by atoms with Crippen molar-refractivity contribution < 1.29 is 4.79 Å². The van der Waals surface area contributed by atoms with Gasteiger partial charge in [0.05, 0.1) is 5.75 Å². The van der Waals surface area contributed by atoms with Crippen molar-refractivity contribution in [2.24, 2.45) is 17.8 Å². The van der Waals surface area contributed by atoms with Gasteiger partial charge in [0, 0.05) is 12.6 Å². The van der Waals surface area contributed by atoms with Gasteiger partial charge in [0.15, 0.2) is 5.16 Å². The predicted molar refractivity (Wildman–Crippen MR) is 90.4 cm³/mol. The summed E-state index contributed by atoms with van der Waals surface area (Å²) in [7, 11) is 0. The Bertz CT molecular complexity index is 611. The summed E-state index contributed by atoms with van der Waals surface area (Å²) >= 11 is 1.32. The Morgan fingerprint density at radius 2 is 2.30 bits per heavy atom. The summed E-state index contributed by atoms with van der Waals surface area (Å²) in [4.78, 5) is 23.8. The van der Waals surface area contributed by atoms with Crippen molar-refractivity contribution in [2.75, 3.05) is 5.75 Å². The molecule has 0 spiro atoms. The molecule has 2 aliphatic rings. The fraction of sp³-hybridized carbons (Fsp3) is 0.812. The highest BCUT2D eigenvalue weighted by atomic mass is 32.2. The highest BCUT2D eigenvalue weighted by Crippen LogP contribution is 2.49. The number of hydrogen-bond donors (Lipinski definition) is 2. The maximum Gasteiger partial charge on any atom is 0.343 e. The van der Waals surface area contributed by atoms with Crippen molar-refractivity contribution in [2.45, 2.75) is 63.7 Å². The van der Waals surface area contributed by atoms with Crippen molar-refractivity contribution >= 4 is 17.7 Å². The van der Waals surface area contributed by atoms with Gasteiger partial charge in [-0.05, 0) is 50.4 Å². The van der Waals surface area contributed by atoms with Crippen LogP contribution in [0, 0.1) is 17.8 Å². The quantitative estimate of drug-likeness (QED) is 0.746. The van der Waals surface area contributed by atoms with Crippen molar-refractivity contribution in [1.82, 2.24) is 20.1 Å². The smallest absolute Gasteiger partial charge is 0.343 e. The van der Waals surface area contributed by atoms with Gasteiger partial charge in [-0.3, -0.25) is 9.36 Å². The van der Waals surface area contributed by atoms with Gasteiger partial charge in [0.2, 0.25) is 5.91 Å². The maximum absolute atomic E-state index is 12.2. The topological polar surface area (TPSA) is 79.8 Å². The minimum absolute atomic E-state index is 0.0313. The van der Waals surface area contributed by atoms with Crippen LogP contribution in [-0.4, -0.2) is 32.5 Å². The molecule has 0 unspecified atom stereocenters. The first-order valence-corrected chi connectivity index (χ1v) is 9.64. The Kier molecular flexibility index (Phi) is 5.14. The van der Waals surface area contributed by atoms with Crippen molar-refractivity contribution in [3.63, 3.8) is 0 Å². The number of hydrogen-bond acceptors (Lipinski definition) is 4. The van der Waals surface area contributed by atoms with E-state index < -0.39 is 0 Å². The summed E-state index contributed by atoms with van der Waals surface area (Å²) in [5, 5.41) is 10.2. The number of carbonyl (C=O) groups is 1. The molecule has 2 aliphatic carbocycles. The van der Waals surface area contributed by atoms with Gasteiger partial charge < -0.3 is 5.32 Å². The molecule has 1 amide bonds. The van der Waals surface area contributed by atoms with E-state index >= 15 is 0 Å². The summed E-state index contributed by atoms with van der Waals surface area (Å²) in [5.41, 5.74) is -0.204. The van der Waals surface area contributed by atoms with Crippen LogP contribution >= 0.6 is 11.8 Å². The molecular formula is C16H26N4O2S. The SMILES string of the molecule is CCCn1c(SCC(=O)N[C@@H](C)[C@@H]2C[C@H]3CC[C@H]2C3)n[nH]c1=O. The van der Waals surface area contributed by atoms with Crippen LogP contribution in [0.5, 0.6) is 0 Å². The molecule has 1 heterocycles. The molecule has 2 saturated carbocycles. The number of H-pyrrole nitrogens is 1. The lowest BCUT2D eigenvalue weighted by molar-refractivity contribution is -0.119. The molecular weight excluding hydrogens is 312 g/mol. The molecule has 0 aromatic carbocycles. The van der Waals surface area contributed by atoms with Crippen LogP contribution in [-0.2, 0) is 11.3 Å². The van der Waals surface area contributed by atoms with E-state index in [0.717, 1.165) is 18.3 Å². The van der Waals surface area contributed by atoms with E-state index in [1.165, 1.54) is 37.4 Å². The first-order valence-electron chi connectivity index (χ1n) is 8.65. The number of rotatable bonds is 7. The second kappa shape index (κ2) is 7.11. The Morgan fingerprint density at radius 3 is 2.96 bits per heavy atom. The van der Waals surface area contributed by atoms with E-state index in [4.69, 9.17) is 0 Å². The fourth-order valence-corrected chi connectivity index (χ4v) is 5.06. The van der Waals surface area contributed by atoms with E-state index in [1.807, 2.05) is 6.92 Å². The second-order valence-corrected chi connectivity index (χ2v) is 7.89. The highest BCUT2D eigenvalue weighted by Gasteiger charge is 2.42. The van der Waals surface area contributed by atoms with Crippen LogP contribution in [0.25, 0.3) is 0 Å². The Balaban J connectivity index is 1.49. The van der Waals surface area contributed by atoms with Gasteiger partial charge in [0.1, 0.15) is 0 Å². The monoisotopic (exact) mass is 338 g/mol. The average molecular weight is 338 g/mol. The Hall–Kier alpha value is -1.24. The molecule has 2 fully saturated rings. The first kappa shape index (κ1) is 16.6. The van der Waals surface area contributed by atoms with Gasteiger partial charge in [0.25, 0.3) is 0 Å². The zero-order chi connectivity index (χ0) is 16.4. The fourth-order valence-electron chi connectivity index (χ4n) is 4.27. The number of amides is 1. The van der Waals surface area contributed by atoms with Crippen LogP contribution in [0.2, 0.25) is 0 Å². The molecule has 128 valence electrons. The van der Waals surface area contributed by atoms with Gasteiger partial charge in [-0.25, -0.2) is 9.89 Å². The third-order valence-corrected chi connectivity index (χ3v) is 6.30. The number of thioether (sulfide) groups is 1. The van der Waals surface area contributed by atoms with Crippen molar-refractivity contribution in [3.05, 3.63) is 10.5 Å². The van der Waals surface area contributed by atoms with E-state index in [-0.39, 0.29) is 17.6 Å². The maximum atomic E-state index is 12.2. The number of fused-ring (bicyclic) bond motifs is 2. The number of carbonyl (C=O) groups excluding carboxylic acids is 1. The molecule has 3 rings (SSSR count). The van der Waals surface area contributed by atoms with E-state index in [0.29, 0.717) is 23.4 Å². The summed E-state index contributed by atoms with van der Waals surface area (Å²) in [6.07, 6.45) is 6.21. The van der Waals surface area contributed by atoms with E-state index in [9.17, 15) is 9.59 Å². The van der Waals surface area contributed by atoms with Crippen LogP contribution in [0.1, 0.15) is 46.0 Å². The molecule has 7 heteroatoms. The Labute approximate surface area is 140 Å². The lowest BCUT2D eigenvalue weighted by Crippen LogP contribution is -2.41. The number of nitrogens with one attached hydrogen (secondary N) is 2. The zero-order valence-electron chi connectivity index (χ0n) is 13.9. The Morgan fingerprint density at radius 1 is 1.48 bits per heavy atom. The van der Waals surface area contributed by atoms with Gasteiger partial charge >= 0.3 is 5.69 Å². The van der Waals surface area contributed by atoms with Crippen LogP contribution in [0.4, 0.5) is 0 Å². The molecule has 6 nitrogen and oxygen atoms in total. The van der Waals surface area contributed by atoms with Crippen LogP contribution < -0.4 is 11.0 Å². The van der Waals surface area contributed by atoms with E-state index in [2.05, 4.69) is 22.4 Å². The van der Waals surface area contributed by atoms with Crippen LogP contribution in [0.15, 0.2) is 9.95 Å². The number of aromatic nitrogens is 3. The average Bonchev–Trinajstić information content (AvgIpc) is 3.23. The molecule has 0 saturated heterocycles. The predicted octanol–water partition coefficient (Wildman–Crippen LogP) is 2.01. The molecule has 1 aromatic heterocycles. The van der Waals surface area contributed by atoms with Gasteiger partial charge in [-0.2, -0.15) is 0 Å². The lowest BCUT2D eigenvalue weighted by atomic mass is 9.84. The molecule has 2 bridgehead atoms. The van der Waals surface area contributed by atoms with E-state index in [1.54, 1.807) is 4.57 Å². The summed E-state index contributed by atoms with van der Waals surface area (Å²) in [6.45, 7) is 4.77. The minimum Gasteiger partial charge on any atom is -0.353 e. The minimum atomic E-state index is -0.204. The standard InChI is InChI=1S/C16H26N4O2S/c1-3-6-20-15(22)18-19-16(20)23-9-14(21)17-10(2)13-8-11-4-5-12(13)7-11/h10-13H,3-9H2,1-2H3,(H,17,21)(H,18,22)/t10-,11-,12-,13-/m0/s1. The largest absolute Gasteiger partial charge is 0.353 e. The summed E-state index contributed by atoms with van der Waals surface area (Å²) in [5.74, 6) is 2.68. The van der Waals surface area contributed by atoms with Gasteiger partial charge in [-0.15, -0.1) is 5.10 Å². The van der Waals surface area contributed by atoms with Crippen LogP contribution in [0.3, 0.4) is 0 Å². The molecule has 4 atom stereocenters. The summed E-state index contributed by atoms with van der Waals surface area (Å²) < 4.78 is 1.59.